The summed E-state index contributed by atoms with van der Waals surface area (Å²) in [6.45, 7) is 8.94. The number of fused-ring (bicyclic) bond motifs is 5. The molecule has 0 aliphatic carbocycles. The van der Waals surface area contributed by atoms with Crippen molar-refractivity contribution in [1.29, 1.82) is 5.26 Å². The summed E-state index contributed by atoms with van der Waals surface area (Å²) in [5, 5.41) is 13.0. The minimum absolute atomic E-state index is 0.0183. The monoisotopic (exact) mass is 1830 g/mol. The van der Waals surface area contributed by atoms with E-state index in [0.717, 1.165) is 151 Å². The van der Waals surface area contributed by atoms with E-state index in [1.165, 1.54) is 61.6 Å². The molecule has 21 aromatic rings. The van der Waals surface area contributed by atoms with Gasteiger partial charge in [0.1, 0.15) is 96.5 Å². The second kappa shape index (κ2) is 41.2. The van der Waals surface area contributed by atoms with Gasteiger partial charge in [-0.3, -0.25) is 24.9 Å². The number of nitrogen functional groups attached to an aromatic ring is 5. The lowest BCUT2D eigenvalue weighted by molar-refractivity contribution is -0.139. The van der Waals surface area contributed by atoms with Gasteiger partial charge in [-0.1, -0.05) is 147 Å². The zero-order chi connectivity index (χ0) is 95.9. The van der Waals surface area contributed by atoms with E-state index in [-0.39, 0.29) is 17.2 Å². The van der Waals surface area contributed by atoms with Crippen LogP contribution in [-0.4, -0.2) is 80.9 Å². The molecule has 28 heteroatoms. The Morgan fingerprint density at radius 1 is 0.304 bits per heavy atom. The van der Waals surface area contributed by atoms with Crippen molar-refractivity contribution in [2.75, 3.05) is 28.7 Å². The number of hydrogen-bond acceptors (Lipinski definition) is 23. The third-order valence-corrected chi connectivity index (χ3v) is 22.5. The minimum Gasteiger partial charge on any atom is -0.491 e. The molecule has 0 amide bonds. The maximum Gasteiger partial charge on any atom is 0.419 e. The largest absolute Gasteiger partial charge is 0.491 e. The van der Waals surface area contributed by atoms with Crippen LogP contribution in [0.4, 0.5) is 51.0 Å². The van der Waals surface area contributed by atoms with Crippen LogP contribution in [0.2, 0.25) is 0 Å². The second-order valence-electron chi connectivity index (χ2n) is 32.2. The van der Waals surface area contributed by atoms with Crippen LogP contribution < -0.4 is 38.1 Å². The average molecular weight is 1830 g/mol. The number of ether oxygens (including phenoxy) is 2. The lowest BCUT2D eigenvalue weighted by Gasteiger charge is -2.13. The van der Waals surface area contributed by atoms with E-state index >= 15 is 0 Å². The van der Waals surface area contributed by atoms with E-state index < -0.39 is 23.4 Å². The summed E-state index contributed by atoms with van der Waals surface area (Å²) in [5.41, 5.74) is 51.7. The van der Waals surface area contributed by atoms with E-state index in [2.05, 4.69) is 149 Å². The summed E-state index contributed by atoms with van der Waals surface area (Å²) < 4.78 is 78.5. The van der Waals surface area contributed by atoms with Crippen LogP contribution in [0.3, 0.4) is 0 Å². The number of alkyl halides is 3. The van der Waals surface area contributed by atoms with Gasteiger partial charge in [0.15, 0.2) is 0 Å². The fourth-order valence-corrected chi connectivity index (χ4v) is 15.7. The molecule has 0 spiro atoms. The van der Waals surface area contributed by atoms with Gasteiger partial charge in [0.05, 0.1) is 73.3 Å². The molecular formula is C110H84F5N21O2. The van der Waals surface area contributed by atoms with Crippen LogP contribution in [-0.2, 0) is 12.8 Å². The third kappa shape index (κ3) is 20.9. The highest BCUT2D eigenvalue weighted by Crippen LogP contribution is 2.42. The Bertz CT molecular complexity index is 8110. The molecule has 10 N–H and O–H groups in total. The first-order valence-electron chi connectivity index (χ1n) is 43.5. The van der Waals surface area contributed by atoms with E-state index in [9.17, 15) is 22.0 Å². The summed E-state index contributed by atoms with van der Waals surface area (Å²) in [6, 6.07) is 92.0. The van der Waals surface area contributed by atoms with Gasteiger partial charge < -0.3 is 38.1 Å². The van der Waals surface area contributed by atoms with Crippen molar-refractivity contribution in [3.05, 3.63) is 388 Å². The molecule has 11 aromatic carbocycles. The second-order valence-corrected chi connectivity index (χ2v) is 32.2. The van der Waals surface area contributed by atoms with E-state index in [1.807, 2.05) is 190 Å². The SMILES string of the molecule is CC(C)Oc1cccc(-c2ncccc2-c2ccc3ncnc(N)c3c2)c1.CC(C)c1cccc(-c2ncccc2-c2ccc3ncnc(N)c3c2)c1.N#Cc1cc(-c2ncccc2-c2ccc3ncnc(N)c3c2)ccc1F.Nc1ncnc2ccc(-c3cccnc3-c3ccc(F)c(C(F)(F)F)c3)cc12.Nc1ncnc2ccc(-c3cccnc3-c3cccc(OCc4ccccc4)c3)cc12. The molecule has 0 aliphatic heterocycles. The number of aromatic nitrogens is 15. The summed E-state index contributed by atoms with van der Waals surface area (Å²) in [4.78, 5) is 64.1. The lowest BCUT2D eigenvalue weighted by atomic mass is 9.95. The Hall–Kier alpha value is -18.4. The molecular weight excluding hydrogens is 1740 g/mol. The first kappa shape index (κ1) is 91.5. The highest BCUT2D eigenvalue weighted by atomic mass is 19.4. The number of nitriles is 1. The number of benzene rings is 11. The Morgan fingerprint density at radius 3 is 0.971 bits per heavy atom. The van der Waals surface area contributed by atoms with Crippen molar-refractivity contribution in [3.8, 4) is 129 Å². The fourth-order valence-electron chi connectivity index (χ4n) is 15.7. The fraction of sp³-hybridized carbons (Fsp3) is 0.0727. The summed E-state index contributed by atoms with van der Waals surface area (Å²) >= 11 is 0. The van der Waals surface area contributed by atoms with E-state index in [0.29, 0.717) is 80.6 Å². The smallest absolute Gasteiger partial charge is 0.419 e. The molecule has 138 heavy (non-hydrogen) atoms. The van der Waals surface area contributed by atoms with Crippen molar-refractivity contribution in [1.82, 2.24) is 74.8 Å². The van der Waals surface area contributed by atoms with Crippen molar-refractivity contribution < 1.29 is 31.4 Å². The molecule has 0 radical (unpaired) electrons. The number of nitrogens with zero attached hydrogens (tertiary/aromatic N) is 16. The van der Waals surface area contributed by atoms with Gasteiger partial charge in [0.2, 0.25) is 0 Å². The van der Waals surface area contributed by atoms with Crippen molar-refractivity contribution in [2.45, 2.75) is 52.5 Å². The van der Waals surface area contributed by atoms with Gasteiger partial charge in [-0.25, -0.2) is 58.6 Å². The number of anilines is 5. The maximum atomic E-state index is 13.7. The zero-order valence-electron chi connectivity index (χ0n) is 74.6. The highest BCUT2D eigenvalue weighted by molar-refractivity contribution is 5.99. The molecule has 0 fully saturated rings. The molecule has 676 valence electrons. The van der Waals surface area contributed by atoms with Gasteiger partial charge in [0, 0.05) is 114 Å². The summed E-state index contributed by atoms with van der Waals surface area (Å²) in [5.74, 6) is 2.34. The van der Waals surface area contributed by atoms with Crippen molar-refractivity contribution in [3.63, 3.8) is 0 Å². The first-order chi connectivity index (χ1) is 67.0. The predicted molar refractivity (Wildman–Crippen MR) is 533 cm³/mol. The van der Waals surface area contributed by atoms with Gasteiger partial charge >= 0.3 is 6.18 Å². The Kier molecular flexibility index (Phi) is 27.3. The average Bonchev–Trinajstić information content (AvgIpc) is 0.789. The molecule has 0 saturated heterocycles. The van der Waals surface area contributed by atoms with Crippen LogP contribution in [0.5, 0.6) is 11.5 Å². The van der Waals surface area contributed by atoms with E-state index in [4.69, 9.17) is 43.4 Å². The minimum atomic E-state index is -4.80. The molecule has 0 bridgehead atoms. The van der Waals surface area contributed by atoms with Gasteiger partial charge in [-0.15, -0.1) is 0 Å². The molecule has 0 atom stereocenters. The number of rotatable bonds is 16. The molecule has 10 heterocycles. The van der Waals surface area contributed by atoms with Gasteiger partial charge in [-0.05, 0) is 216 Å². The van der Waals surface area contributed by atoms with Crippen molar-refractivity contribution >= 4 is 83.6 Å². The maximum absolute atomic E-state index is 13.7. The van der Waals surface area contributed by atoms with Crippen molar-refractivity contribution in [2.24, 2.45) is 0 Å². The topological polar surface area (TPSA) is 366 Å². The van der Waals surface area contributed by atoms with Crippen LogP contribution in [0.25, 0.3) is 166 Å². The standard InChI is InChI=1S/C26H20N4O.C22H20N4O.C22H20N4.C20H12F4N4.C20H12FN5/c27-26-23-15-19(11-12-24(23)29-17-30-26)22-10-5-13-28-25(22)20-8-4-9-21(14-20)31-16-18-6-2-1-3-7-18;1-14(2)27-17-6-3-5-16(11-17)21-18(7-4-10-24-21)15-8-9-20-19(12-15)22(23)26-13-25-20;1-14(2)15-5-3-6-17(11-15)21-18(7-4-10-24-21)16-8-9-20-19(12-16)22(23)26-13-25-20;21-16-5-3-12(9-15(16)20(22,23)24)18-13(2-1-7-26-18)11-4-6-17-14(8-11)19(25)28-10-27-17;21-17-5-3-13(8-14(17)10-22)19-15(2-1-7-24-19)12-4-6-18-16(9-12)20(23)26-11-25-18/h1-15,17H,16H2,(H2,27,29,30);3-14H,1-2H3,(H2,23,25,26);3-14H,1-2H3,(H2,23,25,26);1-10H,(H2,25,27,28);1-9,11H,(H2,23,25,26). The molecule has 23 nitrogen and oxygen atoms in total. The third-order valence-electron chi connectivity index (χ3n) is 22.5. The number of halogens is 5. The molecule has 0 aliphatic rings. The molecule has 10 aromatic heterocycles. The Morgan fingerprint density at radius 2 is 0.623 bits per heavy atom. The Labute approximate surface area is 788 Å². The van der Waals surface area contributed by atoms with Gasteiger partial charge in [0.25, 0.3) is 0 Å². The van der Waals surface area contributed by atoms with Gasteiger partial charge in [-0.2, -0.15) is 18.4 Å². The van der Waals surface area contributed by atoms with Crippen LogP contribution in [0.1, 0.15) is 55.9 Å². The summed E-state index contributed by atoms with van der Waals surface area (Å²) in [6.07, 6.45) is 11.1. The van der Waals surface area contributed by atoms with E-state index in [1.54, 1.807) is 55.0 Å². The Balaban J connectivity index is 0.000000120. The normalized spacial score (nSPS) is 11.1. The highest BCUT2D eigenvalue weighted by Gasteiger charge is 2.35. The lowest BCUT2D eigenvalue weighted by Crippen LogP contribution is -2.08. The van der Waals surface area contributed by atoms with Crippen LogP contribution in [0.15, 0.2) is 354 Å². The zero-order valence-corrected chi connectivity index (χ0v) is 74.6. The quantitative estimate of drug-likeness (QED) is 0.0561. The number of hydrogen-bond donors (Lipinski definition) is 5. The molecule has 21 rings (SSSR count). The molecule has 0 unspecified atom stereocenters. The first-order valence-corrected chi connectivity index (χ1v) is 43.5. The van der Waals surface area contributed by atoms with Crippen LogP contribution in [0, 0.1) is 23.0 Å². The summed E-state index contributed by atoms with van der Waals surface area (Å²) in [7, 11) is 0. The predicted octanol–water partition coefficient (Wildman–Crippen LogP) is 24.4. The molecule has 0 saturated carbocycles. The number of nitrogens with two attached hydrogens (primary N) is 5. The number of pyridine rings is 5. The van der Waals surface area contributed by atoms with Crippen LogP contribution >= 0.6 is 0 Å².